The van der Waals surface area contributed by atoms with E-state index in [2.05, 4.69) is 5.32 Å². The number of urea groups is 1. The fraction of sp³-hybridized carbons (Fsp3) is 0.308. The zero-order valence-electron chi connectivity index (χ0n) is 11.4. The normalized spacial score (nSPS) is 9.52. The molecule has 0 aliphatic carbocycles. The van der Waals surface area contributed by atoms with Gasteiger partial charge < -0.3 is 5.32 Å². The molecule has 0 aliphatic rings. The highest BCUT2D eigenvalue weighted by atomic mass is 16.6. The number of nitro groups is 1. The van der Waals surface area contributed by atoms with Crippen molar-refractivity contribution in [3.05, 3.63) is 34.4 Å². The molecule has 1 aromatic carbocycles. The number of non-ortho nitro benzene ring substituents is 1. The molecule has 8 heteroatoms. The Kier molecular flexibility index (Phi) is 5.82. The first-order chi connectivity index (χ1) is 10.0. The molecule has 0 spiro atoms. The highest BCUT2D eigenvalue weighted by Crippen LogP contribution is 2.20. The van der Waals surface area contributed by atoms with E-state index in [0.717, 1.165) is 4.90 Å². The summed E-state index contributed by atoms with van der Waals surface area (Å²) in [7, 11) is 0. The Bertz CT molecular complexity index is 577. The Morgan fingerprint density at radius 2 is 2.00 bits per heavy atom. The average Bonchev–Trinajstić information content (AvgIpc) is 2.46. The lowest BCUT2D eigenvalue weighted by Crippen LogP contribution is -2.44. The maximum Gasteiger partial charge on any atom is 0.328 e. The van der Waals surface area contributed by atoms with Gasteiger partial charge in [-0.3, -0.25) is 14.9 Å². The number of benzene rings is 1. The minimum atomic E-state index is -0.694. The molecule has 0 atom stereocenters. The van der Waals surface area contributed by atoms with E-state index in [9.17, 15) is 19.7 Å². The second-order valence-corrected chi connectivity index (χ2v) is 4.07. The maximum atomic E-state index is 12.0. The summed E-state index contributed by atoms with van der Waals surface area (Å²) in [5, 5.41) is 21.7. The summed E-state index contributed by atoms with van der Waals surface area (Å²) in [5.74, 6) is -0.694. The van der Waals surface area contributed by atoms with Crippen molar-refractivity contribution < 1.29 is 14.5 Å². The number of anilines is 1. The van der Waals surface area contributed by atoms with Gasteiger partial charge in [0.05, 0.1) is 16.7 Å². The van der Waals surface area contributed by atoms with Crippen LogP contribution in [-0.4, -0.2) is 23.4 Å². The summed E-state index contributed by atoms with van der Waals surface area (Å²) in [4.78, 5) is 34.7. The summed E-state index contributed by atoms with van der Waals surface area (Å²) >= 11 is 0. The zero-order valence-corrected chi connectivity index (χ0v) is 11.4. The maximum absolute atomic E-state index is 12.0. The van der Waals surface area contributed by atoms with Crippen molar-refractivity contribution in [1.29, 1.82) is 5.26 Å². The number of nitro benzene ring substituents is 1. The van der Waals surface area contributed by atoms with Crippen molar-refractivity contribution in [3.8, 4) is 6.07 Å². The molecule has 0 saturated heterocycles. The number of rotatable bonds is 5. The van der Waals surface area contributed by atoms with Crippen molar-refractivity contribution in [2.45, 2.75) is 19.8 Å². The highest BCUT2D eigenvalue weighted by Gasteiger charge is 2.23. The zero-order chi connectivity index (χ0) is 15.8. The molecule has 0 heterocycles. The lowest BCUT2D eigenvalue weighted by Gasteiger charge is -2.20. The number of carbonyl (C=O) groups is 2. The van der Waals surface area contributed by atoms with Gasteiger partial charge in [0.2, 0.25) is 5.91 Å². The van der Waals surface area contributed by atoms with E-state index in [1.165, 1.54) is 24.3 Å². The highest BCUT2D eigenvalue weighted by molar-refractivity contribution is 6.14. The van der Waals surface area contributed by atoms with Gasteiger partial charge in [0, 0.05) is 18.7 Å². The second-order valence-electron chi connectivity index (χ2n) is 4.07. The Balaban J connectivity index is 3.05. The molecular formula is C13H14N4O4. The molecule has 21 heavy (non-hydrogen) atoms. The molecule has 0 fully saturated rings. The van der Waals surface area contributed by atoms with Crippen LogP contribution >= 0.6 is 0 Å². The Morgan fingerprint density at radius 3 is 2.48 bits per heavy atom. The monoisotopic (exact) mass is 290 g/mol. The minimum absolute atomic E-state index is 0.152. The van der Waals surface area contributed by atoms with Crippen molar-refractivity contribution in [3.63, 3.8) is 0 Å². The van der Waals surface area contributed by atoms with E-state index in [1.54, 1.807) is 6.07 Å². The molecule has 1 rings (SSSR count). The molecule has 110 valence electrons. The predicted molar refractivity (Wildman–Crippen MR) is 74.5 cm³/mol. The summed E-state index contributed by atoms with van der Waals surface area (Å²) in [6.45, 7) is 2.23. The number of imide groups is 1. The van der Waals surface area contributed by atoms with Gasteiger partial charge in [-0.05, 0) is 18.6 Å². The summed E-state index contributed by atoms with van der Waals surface area (Å²) in [6.07, 6.45) is 0.225. The molecule has 8 nitrogen and oxygen atoms in total. The van der Waals surface area contributed by atoms with Crippen LogP contribution in [0.25, 0.3) is 0 Å². The molecule has 1 aromatic rings. The number of hydrogen-bond donors (Lipinski definition) is 1. The van der Waals surface area contributed by atoms with Gasteiger partial charge in [0.1, 0.15) is 6.42 Å². The number of amides is 3. The van der Waals surface area contributed by atoms with Crippen LogP contribution in [0, 0.1) is 21.4 Å². The third-order valence-electron chi connectivity index (χ3n) is 2.53. The lowest BCUT2D eigenvalue weighted by atomic mass is 10.2. The largest absolute Gasteiger partial charge is 0.337 e. The molecule has 0 unspecified atom stereocenters. The second kappa shape index (κ2) is 7.59. The topological polar surface area (TPSA) is 116 Å². The van der Waals surface area contributed by atoms with E-state index in [1.807, 2.05) is 6.92 Å². The van der Waals surface area contributed by atoms with Crippen LogP contribution in [0.5, 0.6) is 0 Å². The number of hydrogen-bond acceptors (Lipinski definition) is 5. The third kappa shape index (κ3) is 4.28. The van der Waals surface area contributed by atoms with Crippen LogP contribution in [0.15, 0.2) is 24.3 Å². The molecular weight excluding hydrogens is 276 g/mol. The summed E-state index contributed by atoms with van der Waals surface area (Å²) in [5.41, 5.74) is 0.0230. The molecule has 0 aliphatic heterocycles. The van der Waals surface area contributed by atoms with Crippen LogP contribution in [0.1, 0.15) is 19.8 Å². The van der Waals surface area contributed by atoms with Crippen molar-refractivity contribution >= 4 is 23.3 Å². The Morgan fingerprint density at radius 1 is 1.38 bits per heavy atom. The van der Waals surface area contributed by atoms with Gasteiger partial charge in [0.15, 0.2) is 0 Å². The molecule has 0 aromatic heterocycles. The number of nitrogens with zero attached hydrogens (tertiary/aromatic N) is 3. The van der Waals surface area contributed by atoms with E-state index in [4.69, 9.17) is 5.26 Å². The Hall–Kier alpha value is -2.95. The first-order valence-corrected chi connectivity index (χ1v) is 6.23. The average molecular weight is 290 g/mol. The molecule has 0 saturated carbocycles. The van der Waals surface area contributed by atoms with E-state index in [0.29, 0.717) is 13.0 Å². The standard InChI is InChI=1S/C13H14N4O4/c1-2-9-15-13(19)16(12(18)7-8-14)10-3-5-11(6-4-10)17(20)21/h3-6H,2,7,9H2,1H3,(H,15,19). The van der Waals surface area contributed by atoms with Gasteiger partial charge in [-0.2, -0.15) is 5.26 Å². The van der Waals surface area contributed by atoms with Crippen molar-refractivity contribution in [2.75, 3.05) is 11.4 Å². The number of nitrogens with one attached hydrogen (secondary N) is 1. The van der Waals surface area contributed by atoms with Gasteiger partial charge in [-0.25, -0.2) is 9.69 Å². The fourth-order valence-corrected chi connectivity index (χ4v) is 1.56. The van der Waals surface area contributed by atoms with Crippen LogP contribution in [0.4, 0.5) is 16.2 Å². The van der Waals surface area contributed by atoms with E-state index >= 15 is 0 Å². The van der Waals surface area contributed by atoms with E-state index in [-0.39, 0.29) is 11.4 Å². The van der Waals surface area contributed by atoms with Crippen LogP contribution in [-0.2, 0) is 4.79 Å². The Labute approximate surface area is 121 Å². The number of nitriles is 1. The predicted octanol–water partition coefficient (Wildman–Crippen LogP) is 1.96. The molecule has 3 amide bonds. The van der Waals surface area contributed by atoms with Gasteiger partial charge >= 0.3 is 6.03 Å². The van der Waals surface area contributed by atoms with Crippen LogP contribution < -0.4 is 10.2 Å². The third-order valence-corrected chi connectivity index (χ3v) is 2.53. The summed E-state index contributed by atoms with van der Waals surface area (Å²) in [6, 6.07) is 5.98. The fourth-order valence-electron chi connectivity index (χ4n) is 1.56. The van der Waals surface area contributed by atoms with Crippen LogP contribution in [0.3, 0.4) is 0 Å². The quantitative estimate of drug-likeness (QED) is 0.657. The first kappa shape index (κ1) is 16.1. The molecule has 1 N–H and O–H groups in total. The minimum Gasteiger partial charge on any atom is -0.337 e. The van der Waals surface area contributed by atoms with Gasteiger partial charge in [-0.15, -0.1) is 0 Å². The first-order valence-electron chi connectivity index (χ1n) is 6.23. The van der Waals surface area contributed by atoms with Crippen molar-refractivity contribution in [1.82, 2.24) is 5.32 Å². The molecule has 0 bridgehead atoms. The molecule has 0 radical (unpaired) electrons. The lowest BCUT2D eigenvalue weighted by molar-refractivity contribution is -0.384. The van der Waals surface area contributed by atoms with Crippen molar-refractivity contribution in [2.24, 2.45) is 0 Å². The van der Waals surface area contributed by atoms with Gasteiger partial charge in [-0.1, -0.05) is 6.92 Å². The number of carbonyl (C=O) groups excluding carboxylic acids is 2. The summed E-state index contributed by atoms with van der Waals surface area (Å²) < 4.78 is 0. The SMILES string of the molecule is CCCNC(=O)N(C(=O)CC#N)c1ccc([N+](=O)[O-])cc1. The van der Waals surface area contributed by atoms with Crippen LogP contribution in [0.2, 0.25) is 0 Å². The smallest absolute Gasteiger partial charge is 0.328 e. The van der Waals surface area contributed by atoms with Gasteiger partial charge in [0.25, 0.3) is 5.69 Å². The van der Waals surface area contributed by atoms with E-state index < -0.39 is 23.3 Å².